The lowest BCUT2D eigenvalue weighted by molar-refractivity contribution is -0.0498. The fourth-order valence-electron chi connectivity index (χ4n) is 2.77. The number of carbonyl (C=O) groups excluding carboxylic acids is 1. The van der Waals surface area contributed by atoms with Gasteiger partial charge in [0.1, 0.15) is 5.75 Å². The largest absolute Gasteiger partial charge is 0.435 e. The maximum Gasteiger partial charge on any atom is 0.387 e. The number of nitrogens with zero attached hydrogens (tertiary/aromatic N) is 1. The van der Waals surface area contributed by atoms with E-state index in [4.69, 9.17) is 0 Å². The Morgan fingerprint density at radius 2 is 1.77 bits per heavy atom. The van der Waals surface area contributed by atoms with E-state index in [0.29, 0.717) is 36.7 Å². The number of hydrogen-bond donors (Lipinski definition) is 4. The molecule has 168 valence electrons. The van der Waals surface area contributed by atoms with Crippen molar-refractivity contribution in [2.24, 2.45) is 4.99 Å². The van der Waals surface area contributed by atoms with E-state index in [1.165, 1.54) is 24.3 Å². The van der Waals surface area contributed by atoms with Crippen LogP contribution in [0.25, 0.3) is 0 Å². The van der Waals surface area contributed by atoms with Crippen molar-refractivity contribution in [3.05, 3.63) is 65.2 Å². The Morgan fingerprint density at radius 1 is 1.06 bits per heavy atom. The number of halogens is 2. The van der Waals surface area contributed by atoms with Crippen LogP contribution in [0.4, 0.5) is 8.78 Å². The minimum atomic E-state index is -2.89. The van der Waals surface area contributed by atoms with Gasteiger partial charge in [0.2, 0.25) is 0 Å². The molecule has 0 aliphatic heterocycles. The molecule has 0 aliphatic rings. The second-order valence-electron chi connectivity index (χ2n) is 6.60. The maximum atomic E-state index is 12.2. The van der Waals surface area contributed by atoms with Crippen LogP contribution in [0.5, 0.6) is 5.75 Å². The molecule has 0 bridgehead atoms. The highest BCUT2D eigenvalue weighted by molar-refractivity contribution is 5.94. The van der Waals surface area contributed by atoms with Gasteiger partial charge < -0.3 is 25.8 Å². The number of alkyl halides is 2. The first-order valence-corrected chi connectivity index (χ1v) is 10.0. The standard InChI is InChI=1S/C22H28F2N4O3/c1-3-25-20(30)17-7-5-6-15(12-17)13-27-22(26-4-2)28-14-19(29)16-8-10-18(11-9-16)31-21(23)24/h5-12,19,21,29H,3-4,13-14H2,1-2H3,(H,25,30)(H2,26,27,28). The normalized spacial score (nSPS) is 12.4. The second kappa shape index (κ2) is 12.5. The van der Waals surface area contributed by atoms with Crippen LogP contribution in [0, 0.1) is 0 Å². The number of rotatable bonds is 10. The molecule has 0 heterocycles. The first-order chi connectivity index (χ1) is 14.9. The Hall–Kier alpha value is -3.20. The molecule has 0 radical (unpaired) electrons. The molecule has 2 aromatic rings. The molecule has 0 spiro atoms. The first-order valence-electron chi connectivity index (χ1n) is 10.0. The lowest BCUT2D eigenvalue weighted by Gasteiger charge is -2.16. The van der Waals surface area contributed by atoms with Crippen molar-refractivity contribution in [3.63, 3.8) is 0 Å². The Balaban J connectivity index is 1.97. The maximum absolute atomic E-state index is 12.2. The summed E-state index contributed by atoms with van der Waals surface area (Å²) in [5, 5.41) is 19.3. The van der Waals surface area contributed by atoms with Crippen molar-refractivity contribution in [3.8, 4) is 5.75 Å². The zero-order valence-electron chi connectivity index (χ0n) is 17.6. The highest BCUT2D eigenvalue weighted by Gasteiger charge is 2.10. The molecule has 2 rings (SSSR count). The molecule has 0 fully saturated rings. The van der Waals surface area contributed by atoms with Gasteiger partial charge in [-0.1, -0.05) is 24.3 Å². The van der Waals surface area contributed by atoms with Crippen LogP contribution in [0.15, 0.2) is 53.5 Å². The van der Waals surface area contributed by atoms with Crippen molar-refractivity contribution in [2.75, 3.05) is 19.6 Å². The SMILES string of the molecule is CCNC(=O)c1cccc(CN=C(NCC)NCC(O)c2ccc(OC(F)F)cc2)c1. The third kappa shape index (κ3) is 8.21. The fraction of sp³-hybridized carbons (Fsp3) is 0.364. The number of amides is 1. The van der Waals surface area contributed by atoms with Gasteiger partial charge >= 0.3 is 6.61 Å². The lowest BCUT2D eigenvalue weighted by atomic mass is 10.1. The number of carbonyl (C=O) groups is 1. The molecule has 1 atom stereocenters. The fourth-order valence-corrected chi connectivity index (χ4v) is 2.77. The Labute approximate surface area is 180 Å². The molecule has 0 aliphatic carbocycles. The van der Waals surface area contributed by atoms with Crippen LogP contribution in [-0.2, 0) is 6.54 Å². The summed E-state index contributed by atoms with van der Waals surface area (Å²) in [4.78, 5) is 16.5. The summed E-state index contributed by atoms with van der Waals surface area (Å²) in [7, 11) is 0. The summed E-state index contributed by atoms with van der Waals surface area (Å²) in [5.74, 6) is 0.401. The number of nitrogens with one attached hydrogen (secondary N) is 3. The van der Waals surface area contributed by atoms with Crippen molar-refractivity contribution < 1.29 is 23.4 Å². The predicted octanol–water partition coefficient (Wildman–Crippen LogP) is 2.83. The van der Waals surface area contributed by atoms with Crippen molar-refractivity contribution in [1.29, 1.82) is 0 Å². The number of hydrogen-bond acceptors (Lipinski definition) is 4. The quantitative estimate of drug-likeness (QED) is 0.341. The van der Waals surface area contributed by atoms with Crippen LogP contribution >= 0.6 is 0 Å². The second-order valence-corrected chi connectivity index (χ2v) is 6.60. The number of aliphatic hydroxyl groups is 1. The average Bonchev–Trinajstić information content (AvgIpc) is 2.76. The molecule has 0 aromatic heterocycles. The van der Waals surface area contributed by atoms with Crippen LogP contribution in [-0.4, -0.2) is 43.2 Å². The van der Waals surface area contributed by atoms with Gasteiger partial charge in [-0.2, -0.15) is 8.78 Å². The van der Waals surface area contributed by atoms with E-state index in [0.717, 1.165) is 5.56 Å². The van der Waals surface area contributed by atoms with E-state index >= 15 is 0 Å². The van der Waals surface area contributed by atoms with Gasteiger partial charge in [-0.25, -0.2) is 4.99 Å². The first kappa shape index (κ1) is 24.1. The van der Waals surface area contributed by atoms with Gasteiger partial charge in [-0.05, 0) is 49.2 Å². The van der Waals surface area contributed by atoms with Crippen molar-refractivity contribution in [1.82, 2.24) is 16.0 Å². The Morgan fingerprint density at radius 3 is 2.42 bits per heavy atom. The summed E-state index contributed by atoms with van der Waals surface area (Å²) in [5.41, 5.74) is 2.00. The third-order valence-corrected chi connectivity index (χ3v) is 4.24. The van der Waals surface area contributed by atoms with Gasteiger partial charge in [-0.15, -0.1) is 0 Å². The van der Waals surface area contributed by atoms with Gasteiger partial charge in [0, 0.05) is 25.2 Å². The van der Waals surface area contributed by atoms with E-state index in [1.807, 2.05) is 19.9 Å². The highest BCUT2D eigenvalue weighted by Crippen LogP contribution is 2.19. The summed E-state index contributed by atoms with van der Waals surface area (Å²) in [6, 6.07) is 13.0. The lowest BCUT2D eigenvalue weighted by Crippen LogP contribution is -2.39. The third-order valence-electron chi connectivity index (χ3n) is 4.24. The molecule has 31 heavy (non-hydrogen) atoms. The minimum Gasteiger partial charge on any atom is -0.435 e. The molecule has 7 nitrogen and oxygen atoms in total. The summed E-state index contributed by atoms with van der Waals surface area (Å²) >= 11 is 0. The Bertz CT molecular complexity index is 860. The average molecular weight is 434 g/mol. The summed E-state index contributed by atoms with van der Waals surface area (Å²) in [6.07, 6.45) is -0.870. The monoisotopic (exact) mass is 434 g/mol. The molecular weight excluding hydrogens is 406 g/mol. The topological polar surface area (TPSA) is 95.0 Å². The van der Waals surface area contributed by atoms with Crippen LogP contribution < -0.4 is 20.7 Å². The molecule has 1 unspecified atom stereocenters. The number of ether oxygens (including phenoxy) is 1. The van der Waals surface area contributed by atoms with Crippen LogP contribution in [0.2, 0.25) is 0 Å². The molecule has 0 saturated heterocycles. The molecule has 9 heteroatoms. The van der Waals surface area contributed by atoms with Gasteiger partial charge in [-0.3, -0.25) is 4.79 Å². The van der Waals surface area contributed by atoms with E-state index in [1.54, 1.807) is 18.2 Å². The zero-order chi connectivity index (χ0) is 22.6. The number of aliphatic hydroxyl groups excluding tert-OH is 1. The number of benzene rings is 2. The van der Waals surface area contributed by atoms with Crippen molar-refractivity contribution >= 4 is 11.9 Å². The molecule has 2 aromatic carbocycles. The van der Waals surface area contributed by atoms with Gasteiger partial charge in [0.05, 0.1) is 12.6 Å². The van der Waals surface area contributed by atoms with Crippen LogP contribution in [0.1, 0.15) is 41.4 Å². The number of guanidine groups is 1. The van der Waals surface area contributed by atoms with Crippen LogP contribution in [0.3, 0.4) is 0 Å². The summed E-state index contributed by atoms with van der Waals surface area (Å²) in [6.45, 7) is 2.59. The molecule has 1 amide bonds. The van der Waals surface area contributed by atoms with Gasteiger partial charge in [0.25, 0.3) is 5.91 Å². The van der Waals surface area contributed by atoms with E-state index < -0.39 is 12.7 Å². The molecule has 4 N–H and O–H groups in total. The molecule has 0 saturated carbocycles. The zero-order valence-corrected chi connectivity index (χ0v) is 17.6. The molecular formula is C22H28F2N4O3. The Kier molecular flexibility index (Phi) is 9.70. The van der Waals surface area contributed by atoms with E-state index in [9.17, 15) is 18.7 Å². The van der Waals surface area contributed by atoms with E-state index in [-0.39, 0.29) is 18.2 Å². The minimum absolute atomic E-state index is 0.0312. The van der Waals surface area contributed by atoms with Crippen molar-refractivity contribution in [2.45, 2.75) is 33.1 Å². The predicted molar refractivity (Wildman–Crippen MR) is 115 cm³/mol. The highest BCUT2D eigenvalue weighted by atomic mass is 19.3. The van der Waals surface area contributed by atoms with Gasteiger partial charge in [0.15, 0.2) is 5.96 Å². The van der Waals surface area contributed by atoms with E-state index in [2.05, 4.69) is 25.7 Å². The number of aliphatic imine (C=N–C) groups is 1. The smallest absolute Gasteiger partial charge is 0.387 e. The summed E-state index contributed by atoms with van der Waals surface area (Å²) < 4.78 is 28.8.